The van der Waals surface area contributed by atoms with Crippen molar-refractivity contribution in [3.05, 3.63) is 34.9 Å². The van der Waals surface area contributed by atoms with Crippen LogP contribution in [0.1, 0.15) is 17.5 Å². The molecule has 1 aromatic rings. The first-order chi connectivity index (χ1) is 7.58. The highest BCUT2D eigenvalue weighted by Crippen LogP contribution is 2.16. The molecule has 1 rings (SSSR count). The summed E-state index contributed by atoms with van der Waals surface area (Å²) < 4.78 is 30.8. The van der Waals surface area contributed by atoms with Gasteiger partial charge in [-0.25, -0.2) is 8.78 Å². The molecule has 0 heterocycles. The van der Waals surface area contributed by atoms with Gasteiger partial charge in [-0.05, 0) is 24.1 Å². The van der Waals surface area contributed by atoms with Crippen LogP contribution in [0.3, 0.4) is 0 Å². The van der Waals surface area contributed by atoms with Gasteiger partial charge in [0.05, 0.1) is 13.7 Å². The summed E-state index contributed by atoms with van der Waals surface area (Å²) in [6, 6.07) is 2.22. The van der Waals surface area contributed by atoms with Crippen LogP contribution in [0.2, 0.25) is 0 Å². The fraction of sp³-hybridized carbons (Fsp3) is 0.364. The van der Waals surface area contributed by atoms with E-state index in [4.69, 9.17) is 5.11 Å². The first kappa shape index (κ1) is 12.6. The van der Waals surface area contributed by atoms with Gasteiger partial charge in [-0.2, -0.15) is 0 Å². The SMILES string of the molecule is COC(=O)CCc1cc(F)c(CO)c(F)c1. The Morgan fingerprint density at radius 2 is 1.94 bits per heavy atom. The Kier molecular flexibility index (Phi) is 4.37. The number of aryl methyl sites for hydroxylation is 1. The van der Waals surface area contributed by atoms with E-state index >= 15 is 0 Å². The van der Waals surface area contributed by atoms with Gasteiger partial charge in [0, 0.05) is 12.0 Å². The molecule has 0 saturated heterocycles. The minimum Gasteiger partial charge on any atom is -0.469 e. The van der Waals surface area contributed by atoms with Gasteiger partial charge in [0.1, 0.15) is 11.6 Å². The smallest absolute Gasteiger partial charge is 0.305 e. The van der Waals surface area contributed by atoms with Crippen molar-refractivity contribution in [2.24, 2.45) is 0 Å². The van der Waals surface area contributed by atoms with E-state index in [0.717, 1.165) is 12.1 Å². The van der Waals surface area contributed by atoms with Crippen molar-refractivity contribution >= 4 is 5.97 Å². The zero-order valence-electron chi connectivity index (χ0n) is 8.80. The summed E-state index contributed by atoms with van der Waals surface area (Å²) >= 11 is 0. The Balaban J connectivity index is 2.79. The minimum atomic E-state index is -0.803. The second kappa shape index (κ2) is 5.55. The Morgan fingerprint density at radius 1 is 1.38 bits per heavy atom. The quantitative estimate of drug-likeness (QED) is 0.798. The first-order valence-corrected chi connectivity index (χ1v) is 4.73. The highest BCUT2D eigenvalue weighted by atomic mass is 19.1. The molecule has 0 amide bonds. The molecule has 0 aliphatic rings. The monoisotopic (exact) mass is 230 g/mol. The largest absolute Gasteiger partial charge is 0.469 e. The molecule has 0 aliphatic carbocycles. The fourth-order valence-corrected chi connectivity index (χ4v) is 1.30. The molecule has 88 valence electrons. The molecule has 0 aliphatic heterocycles. The normalized spacial score (nSPS) is 10.2. The maximum atomic E-state index is 13.2. The molecule has 0 atom stereocenters. The number of hydrogen-bond acceptors (Lipinski definition) is 3. The number of rotatable bonds is 4. The lowest BCUT2D eigenvalue weighted by Crippen LogP contribution is -2.04. The third-order valence-corrected chi connectivity index (χ3v) is 2.20. The Bertz CT molecular complexity index is 368. The van der Waals surface area contributed by atoms with Crippen molar-refractivity contribution in [3.63, 3.8) is 0 Å². The molecule has 0 radical (unpaired) electrons. The van der Waals surface area contributed by atoms with Crippen molar-refractivity contribution in [1.29, 1.82) is 0 Å². The van der Waals surface area contributed by atoms with Crippen LogP contribution in [0, 0.1) is 11.6 Å². The Morgan fingerprint density at radius 3 is 2.38 bits per heavy atom. The van der Waals surface area contributed by atoms with E-state index in [1.165, 1.54) is 7.11 Å². The lowest BCUT2D eigenvalue weighted by molar-refractivity contribution is -0.140. The van der Waals surface area contributed by atoms with Crippen LogP contribution in [0.4, 0.5) is 8.78 Å². The van der Waals surface area contributed by atoms with Crippen LogP contribution in [0.5, 0.6) is 0 Å². The molecular formula is C11H12F2O3. The van der Waals surface area contributed by atoms with Crippen molar-refractivity contribution in [2.45, 2.75) is 19.4 Å². The van der Waals surface area contributed by atoms with Crippen LogP contribution < -0.4 is 0 Å². The van der Waals surface area contributed by atoms with E-state index in [2.05, 4.69) is 4.74 Å². The number of hydrogen-bond donors (Lipinski definition) is 1. The van der Waals surface area contributed by atoms with Crippen molar-refractivity contribution in [1.82, 2.24) is 0 Å². The van der Waals surface area contributed by atoms with Gasteiger partial charge in [-0.15, -0.1) is 0 Å². The van der Waals surface area contributed by atoms with E-state index in [1.807, 2.05) is 0 Å². The number of halogens is 2. The summed E-state index contributed by atoms with van der Waals surface area (Å²) in [6.45, 7) is -0.686. The van der Waals surface area contributed by atoms with Crippen molar-refractivity contribution < 1.29 is 23.4 Å². The van der Waals surface area contributed by atoms with Gasteiger partial charge >= 0.3 is 5.97 Å². The van der Waals surface area contributed by atoms with Gasteiger partial charge in [0.25, 0.3) is 0 Å². The maximum absolute atomic E-state index is 13.2. The molecule has 1 N–H and O–H groups in total. The third-order valence-electron chi connectivity index (χ3n) is 2.20. The number of carbonyl (C=O) groups excluding carboxylic acids is 1. The van der Waals surface area contributed by atoms with E-state index < -0.39 is 24.2 Å². The van der Waals surface area contributed by atoms with Crippen LogP contribution in [-0.2, 0) is 22.6 Å². The number of carbonyl (C=O) groups is 1. The fourth-order valence-electron chi connectivity index (χ4n) is 1.30. The van der Waals surface area contributed by atoms with Gasteiger partial charge in [0.2, 0.25) is 0 Å². The molecule has 1 aromatic carbocycles. The van der Waals surface area contributed by atoms with E-state index in [1.54, 1.807) is 0 Å². The Hall–Kier alpha value is -1.49. The number of ether oxygens (including phenoxy) is 1. The number of aliphatic hydroxyl groups is 1. The lowest BCUT2D eigenvalue weighted by atomic mass is 10.1. The summed E-state index contributed by atoms with van der Waals surface area (Å²) in [6.07, 6.45) is 0.264. The maximum Gasteiger partial charge on any atom is 0.305 e. The molecule has 0 spiro atoms. The van der Waals surface area contributed by atoms with Crippen molar-refractivity contribution in [2.75, 3.05) is 7.11 Å². The van der Waals surface area contributed by atoms with Crippen LogP contribution in [0.15, 0.2) is 12.1 Å². The Labute approximate surface area is 91.7 Å². The minimum absolute atomic E-state index is 0.0633. The molecule has 0 aromatic heterocycles. The van der Waals surface area contributed by atoms with Crippen LogP contribution in [-0.4, -0.2) is 18.2 Å². The standard InChI is InChI=1S/C11H12F2O3/c1-16-11(15)3-2-7-4-9(12)8(6-14)10(13)5-7/h4-5,14H,2-3,6H2,1H3. The number of benzene rings is 1. The molecule has 5 heteroatoms. The zero-order valence-corrected chi connectivity index (χ0v) is 8.80. The molecular weight excluding hydrogens is 218 g/mol. The topological polar surface area (TPSA) is 46.5 Å². The average Bonchev–Trinajstić information content (AvgIpc) is 2.25. The summed E-state index contributed by atoms with van der Waals surface area (Å²) in [4.78, 5) is 10.8. The summed E-state index contributed by atoms with van der Waals surface area (Å²) in [5.74, 6) is -2.04. The second-order valence-corrected chi connectivity index (χ2v) is 3.27. The van der Waals surface area contributed by atoms with Gasteiger partial charge < -0.3 is 9.84 Å². The van der Waals surface area contributed by atoms with E-state index in [9.17, 15) is 13.6 Å². The van der Waals surface area contributed by atoms with E-state index in [-0.39, 0.29) is 18.4 Å². The van der Waals surface area contributed by atoms with E-state index in [0.29, 0.717) is 5.56 Å². The predicted molar refractivity (Wildman–Crippen MR) is 52.6 cm³/mol. The van der Waals surface area contributed by atoms with Crippen LogP contribution in [0.25, 0.3) is 0 Å². The molecule has 0 bridgehead atoms. The van der Waals surface area contributed by atoms with Gasteiger partial charge in [-0.1, -0.05) is 0 Å². The van der Waals surface area contributed by atoms with Crippen molar-refractivity contribution in [3.8, 4) is 0 Å². The number of aliphatic hydroxyl groups excluding tert-OH is 1. The van der Waals surface area contributed by atoms with Gasteiger partial charge in [-0.3, -0.25) is 4.79 Å². The summed E-state index contributed by atoms with van der Waals surface area (Å²) in [5.41, 5.74) is -0.000539. The lowest BCUT2D eigenvalue weighted by Gasteiger charge is -2.05. The van der Waals surface area contributed by atoms with Crippen LogP contribution >= 0.6 is 0 Å². The predicted octanol–water partition coefficient (Wildman–Crippen LogP) is 1.56. The molecule has 0 unspecified atom stereocenters. The molecule has 0 fully saturated rings. The molecule has 16 heavy (non-hydrogen) atoms. The molecule has 0 saturated carbocycles. The highest BCUT2D eigenvalue weighted by molar-refractivity contribution is 5.69. The zero-order chi connectivity index (χ0) is 12.1. The number of esters is 1. The highest BCUT2D eigenvalue weighted by Gasteiger charge is 2.11. The van der Waals surface area contributed by atoms with Gasteiger partial charge in [0.15, 0.2) is 0 Å². The summed E-state index contributed by atoms with van der Waals surface area (Å²) in [7, 11) is 1.25. The second-order valence-electron chi connectivity index (χ2n) is 3.27. The average molecular weight is 230 g/mol. The first-order valence-electron chi connectivity index (χ1n) is 4.73. The third kappa shape index (κ3) is 3.00. The number of methoxy groups -OCH3 is 1. The summed E-state index contributed by atoms with van der Waals surface area (Å²) in [5, 5.41) is 8.69. The molecule has 3 nitrogen and oxygen atoms in total.